The molecular weight excluding hydrogens is 234 g/mol. The summed E-state index contributed by atoms with van der Waals surface area (Å²) < 4.78 is 1.54. The maximum atomic E-state index is 11.4. The molecule has 0 spiro atoms. The highest BCUT2D eigenvalue weighted by molar-refractivity contribution is 7.99. The number of thioether (sulfide) groups is 1. The molecule has 2 heterocycles. The van der Waals surface area contributed by atoms with Gasteiger partial charge in [0.25, 0.3) is 0 Å². The third-order valence-corrected chi connectivity index (χ3v) is 3.55. The van der Waals surface area contributed by atoms with Crippen LogP contribution in [0, 0.1) is 0 Å². The third kappa shape index (κ3) is 2.29. The van der Waals surface area contributed by atoms with Crippen LogP contribution in [0.3, 0.4) is 0 Å². The van der Waals surface area contributed by atoms with Crippen LogP contribution in [-0.2, 0) is 7.05 Å². The van der Waals surface area contributed by atoms with Crippen LogP contribution in [-0.4, -0.2) is 34.1 Å². The van der Waals surface area contributed by atoms with Crippen LogP contribution in [0.15, 0.2) is 10.9 Å². The topological polar surface area (TPSA) is 38.1 Å². The van der Waals surface area contributed by atoms with E-state index in [1.165, 1.54) is 0 Å². The fraction of sp³-hybridized carbons (Fsp3) is 0.556. The van der Waals surface area contributed by atoms with Crippen LogP contribution < -0.4 is 10.6 Å². The van der Waals surface area contributed by atoms with Gasteiger partial charge in [-0.1, -0.05) is 11.6 Å². The number of halogens is 1. The van der Waals surface area contributed by atoms with Gasteiger partial charge >= 0.3 is 5.69 Å². The highest BCUT2D eigenvalue weighted by Crippen LogP contribution is 2.19. The van der Waals surface area contributed by atoms with E-state index in [-0.39, 0.29) is 10.8 Å². The molecule has 0 aliphatic carbocycles. The van der Waals surface area contributed by atoms with Gasteiger partial charge in [-0.05, 0) is 0 Å². The van der Waals surface area contributed by atoms with E-state index in [1.807, 2.05) is 11.8 Å². The van der Waals surface area contributed by atoms with E-state index in [0.717, 1.165) is 30.4 Å². The molecule has 2 rings (SSSR count). The van der Waals surface area contributed by atoms with Crippen molar-refractivity contribution in [3.8, 4) is 0 Å². The molecular formula is C9H12ClN3OS. The molecule has 1 fully saturated rings. The minimum atomic E-state index is -0.296. The van der Waals surface area contributed by atoms with E-state index >= 15 is 0 Å². The highest BCUT2D eigenvalue weighted by atomic mass is 35.5. The van der Waals surface area contributed by atoms with Crippen LogP contribution in [0.4, 0.5) is 5.82 Å². The second-order valence-corrected chi connectivity index (χ2v) is 4.99. The Balaban J connectivity index is 2.37. The van der Waals surface area contributed by atoms with Gasteiger partial charge in [-0.15, -0.1) is 0 Å². The second-order valence-electron chi connectivity index (χ2n) is 3.38. The average molecular weight is 246 g/mol. The monoisotopic (exact) mass is 245 g/mol. The van der Waals surface area contributed by atoms with Gasteiger partial charge in [-0.25, -0.2) is 4.79 Å². The minimum absolute atomic E-state index is 0.270. The maximum absolute atomic E-state index is 11.4. The molecule has 82 valence electrons. The fourth-order valence-electron chi connectivity index (χ4n) is 1.60. The summed E-state index contributed by atoms with van der Waals surface area (Å²) >= 11 is 7.71. The first-order chi connectivity index (χ1) is 7.18. The first-order valence-corrected chi connectivity index (χ1v) is 6.28. The second kappa shape index (κ2) is 4.45. The Labute approximate surface area is 97.2 Å². The summed E-state index contributed by atoms with van der Waals surface area (Å²) in [6.07, 6.45) is 0. The molecule has 0 aromatic carbocycles. The van der Waals surface area contributed by atoms with Gasteiger partial charge in [-0.3, -0.25) is 4.57 Å². The molecule has 4 nitrogen and oxygen atoms in total. The smallest absolute Gasteiger partial charge is 0.350 e. The zero-order valence-corrected chi connectivity index (χ0v) is 10.0. The minimum Gasteiger partial charge on any atom is -0.356 e. The van der Waals surface area contributed by atoms with E-state index in [9.17, 15) is 4.79 Å². The van der Waals surface area contributed by atoms with E-state index in [1.54, 1.807) is 17.7 Å². The van der Waals surface area contributed by atoms with Gasteiger partial charge in [-0.2, -0.15) is 16.7 Å². The predicted octanol–water partition coefficient (Wildman–Crippen LogP) is 0.987. The van der Waals surface area contributed by atoms with Gasteiger partial charge in [0.15, 0.2) is 0 Å². The van der Waals surface area contributed by atoms with Crippen molar-refractivity contribution in [2.24, 2.45) is 7.05 Å². The van der Waals surface area contributed by atoms with E-state index < -0.39 is 0 Å². The fourth-order valence-corrected chi connectivity index (χ4v) is 2.67. The molecule has 0 radical (unpaired) electrons. The van der Waals surface area contributed by atoms with Crippen molar-refractivity contribution in [1.29, 1.82) is 0 Å². The Hall–Kier alpha value is -0.680. The summed E-state index contributed by atoms with van der Waals surface area (Å²) in [5.41, 5.74) is -0.296. The first kappa shape index (κ1) is 10.8. The Kier molecular flexibility index (Phi) is 3.21. The molecule has 1 aromatic rings. The summed E-state index contributed by atoms with van der Waals surface area (Å²) in [6, 6.07) is 1.75. The van der Waals surface area contributed by atoms with Crippen molar-refractivity contribution in [3.63, 3.8) is 0 Å². The van der Waals surface area contributed by atoms with Crippen molar-refractivity contribution in [2.75, 3.05) is 29.5 Å². The van der Waals surface area contributed by atoms with E-state index in [2.05, 4.69) is 9.88 Å². The van der Waals surface area contributed by atoms with Gasteiger partial charge in [0.05, 0.1) is 0 Å². The van der Waals surface area contributed by atoms with Gasteiger partial charge < -0.3 is 4.90 Å². The van der Waals surface area contributed by atoms with Crippen LogP contribution in [0.5, 0.6) is 0 Å². The van der Waals surface area contributed by atoms with Crippen molar-refractivity contribution in [1.82, 2.24) is 9.55 Å². The molecule has 1 saturated heterocycles. The molecule has 6 heteroatoms. The normalized spacial score (nSPS) is 16.8. The lowest BCUT2D eigenvalue weighted by Crippen LogP contribution is -2.37. The van der Waals surface area contributed by atoms with Gasteiger partial charge in [0, 0.05) is 37.7 Å². The Morgan fingerprint density at radius 1 is 1.47 bits per heavy atom. The first-order valence-electron chi connectivity index (χ1n) is 4.75. The van der Waals surface area contributed by atoms with Gasteiger partial charge in [0.1, 0.15) is 11.0 Å². The van der Waals surface area contributed by atoms with E-state index in [4.69, 9.17) is 11.6 Å². The Morgan fingerprint density at radius 2 is 2.13 bits per heavy atom. The Bertz CT molecular complexity index is 414. The molecule has 0 atom stereocenters. The summed E-state index contributed by atoms with van der Waals surface area (Å²) in [5.74, 6) is 3.04. The summed E-state index contributed by atoms with van der Waals surface area (Å²) in [6.45, 7) is 1.91. The molecule has 0 N–H and O–H groups in total. The van der Waals surface area contributed by atoms with E-state index in [0.29, 0.717) is 0 Å². The predicted molar refractivity (Wildman–Crippen MR) is 64.0 cm³/mol. The summed E-state index contributed by atoms with van der Waals surface area (Å²) in [5, 5.41) is 0.270. The number of rotatable bonds is 1. The summed E-state index contributed by atoms with van der Waals surface area (Å²) in [4.78, 5) is 17.3. The van der Waals surface area contributed by atoms with Crippen molar-refractivity contribution in [3.05, 3.63) is 21.7 Å². The zero-order chi connectivity index (χ0) is 10.8. The lowest BCUT2D eigenvalue weighted by Gasteiger charge is -2.29. The number of hydrogen-bond donors (Lipinski definition) is 0. The van der Waals surface area contributed by atoms with Crippen molar-refractivity contribution < 1.29 is 0 Å². The highest BCUT2D eigenvalue weighted by Gasteiger charge is 2.15. The van der Waals surface area contributed by atoms with Crippen LogP contribution in [0.25, 0.3) is 0 Å². The largest absolute Gasteiger partial charge is 0.356 e. The number of hydrogen-bond acceptors (Lipinski definition) is 4. The molecule has 1 aromatic heterocycles. The molecule has 0 amide bonds. The number of aromatic nitrogens is 2. The lowest BCUT2D eigenvalue weighted by atomic mass is 10.4. The zero-order valence-electron chi connectivity index (χ0n) is 8.44. The number of anilines is 1. The Morgan fingerprint density at radius 3 is 2.80 bits per heavy atom. The summed E-state index contributed by atoms with van der Waals surface area (Å²) in [7, 11) is 1.72. The quantitative estimate of drug-likeness (QED) is 0.692. The molecule has 1 aliphatic heterocycles. The number of nitrogens with zero attached hydrogens (tertiary/aromatic N) is 3. The third-order valence-electron chi connectivity index (χ3n) is 2.42. The average Bonchev–Trinajstić information content (AvgIpc) is 2.24. The lowest BCUT2D eigenvalue weighted by molar-refractivity contribution is 0.740. The van der Waals surface area contributed by atoms with Crippen molar-refractivity contribution in [2.45, 2.75) is 0 Å². The van der Waals surface area contributed by atoms with Crippen molar-refractivity contribution >= 4 is 29.2 Å². The molecule has 1 aliphatic rings. The molecule has 0 bridgehead atoms. The van der Waals surface area contributed by atoms with Crippen LogP contribution in [0.1, 0.15) is 0 Å². The molecule has 0 saturated carbocycles. The maximum Gasteiger partial charge on any atom is 0.350 e. The SMILES string of the molecule is Cn1c(N2CCSCC2)cc(Cl)nc1=O. The van der Waals surface area contributed by atoms with Gasteiger partial charge in [0.2, 0.25) is 0 Å². The van der Waals surface area contributed by atoms with Crippen LogP contribution >= 0.6 is 23.4 Å². The standard InChI is InChI=1S/C9H12ClN3OS/c1-12-8(6-7(10)11-9(12)14)13-2-4-15-5-3-13/h6H,2-5H2,1H3. The van der Waals surface area contributed by atoms with Crippen LogP contribution in [0.2, 0.25) is 5.15 Å². The molecule has 0 unspecified atom stereocenters. The molecule has 15 heavy (non-hydrogen) atoms.